The van der Waals surface area contributed by atoms with Gasteiger partial charge in [0, 0.05) is 0 Å². The second kappa shape index (κ2) is 8.14. The highest BCUT2D eigenvalue weighted by molar-refractivity contribution is 5.94. The van der Waals surface area contributed by atoms with Gasteiger partial charge in [0.05, 0.1) is 14.2 Å². The quantitative estimate of drug-likeness (QED) is 0.822. The van der Waals surface area contributed by atoms with Gasteiger partial charge in [-0.05, 0) is 30.2 Å². The van der Waals surface area contributed by atoms with E-state index in [1.807, 2.05) is 6.07 Å². The number of aliphatic imine (C=N–C) groups is 2. The average molecular weight is 316 g/mol. The molecule has 0 radical (unpaired) electrons. The standard InChI is InChI=1S/C19H28N2O2/c1-6-14(15-10-8-7-9-11-15)12-16-18(22-4)21-17(13(2)3)19(20-16)23-5/h7-11,13-14,16-17H,6,12H2,1-5H3/t14?,16-,17+/m0/s1. The zero-order valence-electron chi connectivity index (χ0n) is 14.8. The van der Waals surface area contributed by atoms with E-state index in [9.17, 15) is 0 Å². The van der Waals surface area contributed by atoms with Gasteiger partial charge >= 0.3 is 0 Å². The van der Waals surface area contributed by atoms with Crippen molar-refractivity contribution in [3.8, 4) is 0 Å². The molecule has 126 valence electrons. The lowest BCUT2D eigenvalue weighted by molar-refractivity contribution is 0.327. The lowest BCUT2D eigenvalue weighted by atomic mass is 9.89. The molecule has 0 spiro atoms. The van der Waals surface area contributed by atoms with Gasteiger partial charge in [0.1, 0.15) is 12.1 Å². The number of nitrogens with zero attached hydrogens (tertiary/aromatic N) is 2. The third kappa shape index (κ3) is 4.12. The zero-order chi connectivity index (χ0) is 16.8. The second-order valence-corrected chi connectivity index (χ2v) is 6.30. The van der Waals surface area contributed by atoms with Crippen LogP contribution in [0, 0.1) is 5.92 Å². The molecule has 0 N–H and O–H groups in total. The van der Waals surface area contributed by atoms with Crippen molar-refractivity contribution in [1.82, 2.24) is 0 Å². The zero-order valence-corrected chi connectivity index (χ0v) is 14.8. The molecule has 0 aliphatic carbocycles. The molecule has 0 amide bonds. The van der Waals surface area contributed by atoms with E-state index in [0.717, 1.165) is 18.7 Å². The molecule has 1 aliphatic rings. The maximum atomic E-state index is 5.55. The molecule has 2 rings (SSSR count). The van der Waals surface area contributed by atoms with Gasteiger partial charge in [0.2, 0.25) is 11.8 Å². The van der Waals surface area contributed by atoms with E-state index in [0.29, 0.717) is 17.7 Å². The largest absolute Gasteiger partial charge is 0.483 e. The van der Waals surface area contributed by atoms with Crippen LogP contribution in [0.2, 0.25) is 0 Å². The summed E-state index contributed by atoms with van der Waals surface area (Å²) in [7, 11) is 3.35. The van der Waals surface area contributed by atoms with E-state index >= 15 is 0 Å². The van der Waals surface area contributed by atoms with E-state index < -0.39 is 0 Å². The third-order valence-electron chi connectivity index (χ3n) is 4.41. The molecule has 1 unspecified atom stereocenters. The summed E-state index contributed by atoms with van der Waals surface area (Å²) in [5.74, 6) is 2.20. The number of hydrogen-bond donors (Lipinski definition) is 0. The molecule has 0 saturated heterocycles. The van der Waals surface area contributed by atoms with Crippen LogP contribution >= 0.6 is 0 Å². The fourth-order valence-electron chi connectivity index (χ4n) is 3.05. The topological polar surface area (TPSA) is 43.2 Å². The predicted octanol–water partition coefficient (Wildman–Crippen LogP) is 4.07. The van der Waals surface area contributed by atoms with Crippen molar-refractivity contribution in [3.63, 3.8) is 0 Å². The van der Waals surface area contributed by atoms with E-state index in [1.54, 1.807) is 14.2 Å². The van der Waals surface area contributed by atoms with Crippen LogP contribution in [-0.4, -0.2) is 38.1 Å². The van der Waals surface area contributed by atoms with E-state index in [1.165, 1.54) is 5.56 Å². The van der Waals surface area contributed by atoms with Crippen LogP contribution in [0.5, 0.6) is 0 Å². The molecule has 0 saturated carbocycles. The molecule has 4 heteroatoms. The summed E-state index contributed by atoms with van der Waals surface area (Å²) >= 11 is 0. The Morgan fingerprint density at radius 2 is 1.65 bits per heavy atom. The van der Waals surface area contributed by atoms with Crippen LogP contribution in [-0.2, 0) is 9.47 Å². The van der Waals surface area contributed by atoms with Gasteiger partial charge in [-0.15, -0.1) is 0 Å². The number of methoxy groups -OCH3 is 2. The summed E-state index contributed by atoms with van der Waals surface area (Å²) in [5.41, 5.74) is 1.34. The minimum atomic E-state index is -0.0740. The molecule has 1 heterocycles. The SMILES string of the molecule is CCC(C[C@@H]1N=C(OC)[C@@H](C(C)C)N=C1OC)c1ccccc1. The Labute approximate surface area is 139 Å². The number of hydrogen-bond acceptors (Lipinski definition) is 4. The Morgan fingerprint density at radius 3 is 2.17 bits per heavy atom. The molecular formula is C19H28N2O2. The van der Waals surface area contributed by atoms with E-state index in [-0.39, 0.29) is 12.1 Å². The van der Waals surface area contributed by atoms with E-state index in [4.69, 9.17) is 19.5 Å². The van der Waals surface area contributed by atoms with Crippen molar-refractivity contribution in [1.29, 1.82) is 0 Å². The summed E-state index contributed by atoms with van der Waals surface area (Å²) in [6.45, 7) is 6.45. The smallest absolute Gasteiger partial charge is 0.209 e. The molecule has 0 fully saturated rings. The molecule has 3 atom stereocenters. The van der Waals surface area contributed by atoms with Gasteiger partial charge in [-0.3, -0.25) is 0 Å². The fourth-order valence-corrected chi connectivity index (χ4v) is 3.05. The number of ether oxygens (including phenoxy) is 2. The summed E-state index contributed by atoms with van der Waals surface area (Å²) < 4.78 is 11.0. The molecule has 1 aromatic carbocycles. The predicted molar refractivity (Wildman–Crippen MR) is 95.4 cm³/mol. The minimum absolute atomic E-state index is 0.0528. The van der Waals surface area contributed by atoms with Crippen LogP contribution in [0.4, 0.5) is 0 Å². The monoisotopic (exact) mass is 316 g/mol. The fraction of sp³-hybridized carbons (Fsp3) is 0.579. The van der Waals surface area contributed by atoms with Crippen LogP contribution < -0.4 is 0 Å². The van der Waals surface area contributed by atoms with Gasteiger partial charge in [-0.1, -0.05) is 51.1 Å². The Balaban J connectivity index is 2.23. The molecule has 4 nitrogen and oxygen atoms in total. The molecule has 23 heavy (non-hydrogen) atoms. The molecule has 1 aromatic rings. The van der Waals surface area contributed by atoms with Crippen LogP contribution in [0.15, 0.2) is 40.3 Å². The highest BCUT2D eigenvalue weighted by Gasteiger charge is 2.32. The van der Waals surface area contributed by atoms with Crippen molar-refractivity contribution in [2.75, 3.05) is 14.2 Å². The van der Waals surface area contributed by atoms with Crippen molar-refractivity contribution in [2.45, 2.75) is 51.6 Å². The Bertz CT molecular complexity index is 552. The maximum Gasteiger partial charge on any atom is 0.209 e. The number of rotatable bonds is 5. The molecule has 1 aliphatic heterocycles. The van der Waals surface area contributed by atoms with Gasteiger partial charge in [-0.2, -0.15) is 0 Å². The Morgan fingerprint density at radius 1 is 1.00 bits per heavy atom. The van der Waals surface area contributed by atoms with E-state index in [2.05, 4.69) is 45.0 Å². The lowest BCUT2D eigenvalue weighted by Gasteiger charge is -2.29. The summed E-state index contributed by atoms with van der Waals surface area (Å²) in [6.07, 6.45) is 1.94. The third-order valence-corrected chi connectivity index (χ3v) is 4.41. The van der Waals surface area contributed by atoms with Crippen LogP contribution in [0.1, 0.15) is 45.1 Å². The Hall–Kier alpha value is -1.84. The van der Waals surface area contributed by atoms with Crippen molar-refractivity contribution in [2.24, 2.45) is 15.9 Å². The van der Waals surface area contributed by atoms with Crippen molar-refractivity contribution >= 4 is 11.8 Å². The Kier molecular flexibility index (Phi) is 6.20. The first-order chi connectivity index (χ1) is 11.1. The van der Waals surface area contributed by atoms with Gasteiger partial charge in [0.15, 0.2) is 0 Å². The second-order valence-electron chi connectivity index (χ2n) is 6.30. The minimum Gasteiger partial charge on any atom is -0.483 e. The van der Waals surface area contributed by atoms with Crippen LogP contribution in [0.3, 0.4) is 0 Å². The summed E-state index contributed by atoms with van der Waals surface area (Å²) in [4.78, 5) is 9.56. The first kappa shape index (κ1) is 17.5. The normalized spacial score (nSPS) is 22.3. The van der Waals surface area contributed by atoms with Gasteiger partial charge in [0.25, 0.3) is 0 Å². The lowest BCUT2D eigenvalue weighted by Crippen LogP contribution is -2.38. The maximum absolute atomic E-state index is 5.55. The van der Waals surface area contributed by atoms with Crippen molar-refractivity contribution in [3.05, 3.63) is 35.9 Å². The van der Waals surface area contributed by atoms with Crippen LogP contribution in [0.25, 0.3) is 0 Å². The highest BCUT2D eigenvalue weighted by Crippen LogP contribution is 2.28. The first-order valence-corrected chi connectivity index (χ1v) is 8.38. The van der Waals surface area contributed by atoms with Gasteiger partial charge < -0.3 is 9.47 Å². The average Bonchev–Trinajstić information content (AvgIpc) is 2.59. The molecular weight excluding hydrogens is 288 g/mol. The number of benzene rings is 1. The van der Waals surface area contributed by atoms with Crippen molar-refractivity contribution < 1.29 is 9.47 Å². The summed E-state index contributed by atoms with van der Waals surface area (Å²) in [6, 6.07) is 10.5. The molecule has 0 bridgehead atoms. The molecule has 0 aromatic heterocycles. The highest BCUT2D eigenvalue weighted by atomic mass is 16.5. The van der Waals surface area contributed by atoms with Gasteiger partial charge in [-0.25, -0.2) is 9.98 Å². The first-order valence-electron chi connectivity index (χ1n) is 8.38. The summed E-state index contributed by atoms with van der Waals surface area (Å²) in [5, 5.41) is 0.